The zero-order valence-corrected chi connectivity index (χ0v) is 7.69. The molecule has 2 nitrogen and oxygen atoms in total. The van der Waals surface area contributed by atoms with Crippen LogP contribution >= 0.6 is 0 Å². The summed E-state index contributed by atoms with van der Waals surface area (Å²) in [5, 5.41) is 0. The van der Waals surface area contributed by atoms with Crippen LogP contribution in [0.15, 0.2) is 47.9 Å². The first-order chi connectivity index (χ1) is 6.93. The van der Waals surface area contributed by atoms with E-state index in [1.807, 2.05) is 30.3 Å². The fourth-order valence-corrected chi connectivity index (χ4v) is 1.68. The van der Waals surface area contributed by atoms with Gasteiger partial charge in [-0.25, -0.2) is 0 Å². The van der Waals surface area contributed by atoms with Crippen molar-refractivity contribution in [2.24, 2.45) is 0 Å². The van der Waals surface area contributed by atoms with E-state index in [2.05, 4.69) is 6.08 Å². The quantitative estimate of drug-likeness (QED) is 0.620. The third kappa shape index (κ3) is 1.11. The second kappa shape index (κ2) is 2.91. The van der Waals surface area contributed by atoms with E-state index >= 15 is 0 Å². The van der Waals surface area contributed by atoms with Crippen LogP contribution in [0.3, 0.4) is 0 Å². The highest BCUT2D eigenvalue weighted by Gasteiger charge is 2.20. The van der Waals surface area contributed by atoms with E-state index in [4.69, 9.17) is 9.47 Å². The van der Waals surface area contributed by atoms with Gasteiger partial charge in [0.05, 0.1) is 0 Å². The average Bonchev–Trinajstić information content (AvgIpc) is 2.26. The molecule has 14 heavy (non-hydrogen) atoms. The first-order valence-electron chi connectivity index (χ1n) is 4.78. The molecule has 0 radical (unpaired) electrons. The molecule has 0 N–H and O–H groups in total. The smallest absolute Gasteiger partial charge is 0.170 e. The van der Waals surface area contributed by atoms with Gasteiger partial charge in [0, 0.05) is 6.42 Å². The van der Waals surface area contributed by atoms with E-state index in [1.54, 1.807) is 0 Å². The third-order valence-electron chi connectivity index (χ3n) is 2.38. The molecule has 3 rings (SSSR count). The normalized spacial score (nSPS) is 18.0. The molecule has 0 saturated heterocycles. The monoisotopic (exact) mass is 186 g/mol. The van der Waals surface area contributed by atoms with Crippen molar-refractivity contribution in [3.8, 4) is 11.5 Å². The summed E-state index contributed by atoms with van der Waals surface area (Å²) in [7, 11) is 0. The first kappa shape index (κ1) is 7.68. The summed E-state index contributed by atoms with van der Waals surface area (Å²) in [6, 6.07) is 7.74. The van der Waals surface area contributed by atoms with Crippen LogP contribution in [-0.2, 0) is 0 Å². The summed E-state index contributed by atoms with van der Waals surface area (Å²) < 4.78 is 11.4. The lowest BCUT2D eigenvalue weighted by atomic mass is 10.1. The highest BCUT2D eigenvalue weighted by atomic mass is 16.6. The number of para-hydroxylation sites is 2. The maximum Gasteiger partial charge on any atom is 0.170 e. The van der Waals surface area contributed by atoms with Crippen molar-refractivity contribution in [3.63, 3.8) is 0 Å². The molecule has 1 aromatic carbocycles. The Morgan fingerprint density at radius 1 is 1.00 bits per heavy atom. The van der Waals surface area contributed by atoms with Crippen LogP contribution in [-0.4, -0.2) is 0 Å². The molecule has 1 aliphatic carbocycles. The maximum absolute atomic E-state index is 5.74. The lowest BCUT2D eigenvalue weighted by Gasteiger charge is -2.23. The highest BCUT2D eigenvalue weighted by Crippen LogP contribution is 2.37. The number of hydrogen-bond donors (Lipinski definition) is 0. The molecule has 70 valence electrons. The van der Waals surface area contributed by atoms with Crippen LogP contribution in [0.4, 0.5) is 0 Å². The maximum atomic E-state index is 5.74. The van der Waals surface area contributed by atoms with Crippen molar-refractivity contribution in [1.82, 2.24) is 0 Å². The van der Waals surface area contributed by atoms with Crippen LogP contribution in [0.5, 0.6) is 11.5 Å². The van der Waals surface area contributed by atoms with E-state index < -0.39 is 0 Å². The Bertz CT molecular complexity index is 430. The Kier molecular flexibility index (Phi) is 1.60. The minimum atomic E-state index is 0.804. The minimum Gasteiger partial charge on any atom is -0.454 e. The Hall–Kier alpha value is -1.70. The second-order valence-electron chi connectivity index (χ2n) is 3.38. The number of rotatable bonds is 0. The Morgan fingerprint density at radius 3 is 2.64 bits per heavy atom. The molecule has 0 fully saturated rings. The zero-order valence-electron chi connectivity index (χ0n) is 7.69. The number of benzene rings is 1. The topological polar surface area (TPSA) is 18.5 Å². The van der Waals surface area contributed by atoms with Crippen molar-refractivity contribution in [2.45, 2.75) is 12.8 Å². The average molecular weight is 186 g/mol. The number of ether oxygens (including phenoxy) is 2. The van der Waals surface area contributed by atoms with Crippen LogP contribution in [0.25, 0.3) is 0 Å². The SMILES string of the molecule is C1=CC2=C(CC1)Oc1ccccc1O2. The van der Waals surface area contributed by atoms with Gasteiger partial charge in [0.15, 0.2) is 17.3 Å². The number of hydrogen-bond acceptors (Lipinski definition) is 2. The number of fused-ring (bicyclic) bond motifs is 1. The van der Waals surface area contributed by atoms with Gasteiger partial charge in [-0.3, -0.25) is 0 Å². The van der Waals surface area contributed by atoms with Crippen molar-refractivity contribution in [3.05, 3.63) is 47.9 Å². The molecular weight excluding hydrogens is 176 g/mol. The molecule has 2 heteroatoms. The van der Waals surface area contributed by atoms with Crippen LogP contribution in [0.1, 0.15) is 12.8 Å². The standard InChI is InChI=1S/C12H10O2/c1-2-6-10-9(5-1)13-11-7-3-4-8-12(11)14-10/h1-3,5-7H,4,8H2. The van der Waals surface area contributed by atoms with Gasteiger partial charge in [-0.05, 0) is 24.6 Å². The first-order valence-corrected chi connectivity index (χ1v) is 4.78. The van der Waals surface area contributed by atoms with Crippen molar-refractivity contribution in [1.29, 1.82) is 0 Å². The van der Waals surface area contributed by atoms with Gasteiger partial charge in [-0.1, -0.05) is 18.2 Å². The largest absolute Gasteiger partial charge is 0.454 e. The Morgan fingerprint density at radius 2 is 1.79 bits per heavy atom. The summed E-state index contributed by atoms with van der Waals surface area (Å²) in [5.74, 6) is 3.43. The van der Waals surface area contributed by atoms with Crippen molar-refractivity contribution in [2.75, 3.05) is 0 Å². The zero-order chi connectivity index (χ0) is 9.38. The van der Waals surface area contributed by atoms with E-state index in [0.29, 0.717) is 0 Å². The summed E-state index contributed by atoms with van der Waals surface area (Å²) in [6.07, 6.45) is 6.05. The Balaban J connectivity index is 2.03. The minimum absolute atomic E-state index is 0.804. The van der Waals surface area contributed by atoms with E-state index in [-0.39, 0.29) is 0 Å². The van der Waals surface area contributed by atoms with Crippen LogP contribution in [0.2, 0.25) is 0 Å². The molecule has 1 aromatic rings. The molecule has 1 aliphatic heterocycles. The molecule has 0 spiro atoms. The fourth-order valence-electron chi connectivity index (χ4n) is 1.68. The van der Waals surface area contributed by atoms with Crippen LogP contribution in [0, 0.1) is 0 Å². The molecule has 0 amide bonds. The lowest BCUT2D eigenvalue weighted by molar-refractivity contribution is 0.290. The van der Waals surface area contributed by atoms with Gasteiger partial charge in [0.1, 0.15) is 5.76 Å². The lowest BCUT2D eigenvalue weighted by Crippen LogP contribution is -2.12. The van der Waals surface area contributed by atoms with Crippen molar-refractivity contribution >= 4 is 0 Å². The van der Waals surface area contributed by atoms with E-state index in [1.165, 1.54) is 0 Å². The second-order valence-corrected chi connectivity index (χ2v) is 3.38. The van der Waals surface area contributed by atoms with E-state index in [0.717, 1.165) is 35.9 Å². The predicted octanol–water partition coefficient (Wildman–Crippen LogP) is 3.02. The number of allylic oxidation sites excluding steroid dienone is 3. The van der Waals surface area contributed by atoms with Gasteiger partial charge in [-0.15, -0.1) is 0 Å². The third-order valence-corrected chi connectivity index (χ3v) is 2.38. The summed E-state index contributed by atoms with van der Waals surface area (Å²) in [6.45, 7) is 0. The van der Waals surface area contributed by atoms with Gasteiger partial charge >= 0.3 is 0 Å². The Labute approximate surface area is 82.5 Å². The highest BCUT2D eigenvalue weighted by molar-refractivity contribution is 5.46. The molecule has 0 aromatic heterocycles. The predicted molar refractivity (Wildman–Crippen MR) is 53.1 cm³/mol. The summed E-state index contributed by atoms with van der Waals surface area (Å²) in [4.78, 5) is 0. The summed E-state index contributed by atoms with van der Waals surface area (Å²) >= 11 is 0. The van der Waals surface area contributed by atoms with Gasteiger partial charge < -0.3 is 9.47 Å². The molecule has 0 unspecified atom stereocenters. The molecular formula is C12H10O2. The van der Waals surface area contributed by atoms with Gasteiger partial charge in [0.25, 0.3) is 0 Å². The molecule has 0 bridgehead atoms. The molecule has 0 saturated carbocycles. The van der Waals surface area contributed by atoms with Crippen LogP contribution < -0.4 is 9.47 Å². The van der Waals surface area contributed by atoms with Crippen molar-refractivity contribution < 1.29 is 9.47 Å². The van der Waals surface area contributed by atoms with Gasteiger partial charge in [0.2, 0.25) is 0 Å². The molecule has 1 heterocycles. The molecule has 0 atom stereocenters. The molecule has 2 aliphatic rings. The fraction of sp³-hybridized carbons (Fsp3) is 0.167. The van der Waals surface area contributed by atoms with E-state index in [9.17, 15) is 0 Å². The van der Waals surface area contributed by atoms with Gasteiger partial charge in [-0.2, -0.15) is 0 Å². The summed E-state index contributed by atoms with van der Waals surface area (Å²) in [5.41, 5.74) is 0.